The van der Waals surface area contributed by atoms with E-state index < -0.39 is 0 Å². The van der Waals surface area contributed by atoms with Gasteiger partial charge in [-0.15, -0.1) is 11.6 Å². The van der Waals surface area contributed by atoms with Gasteiger partial charge in [0.15, 0.2) is 0 Å². The van der Waals surface area contributed by atoms with Gasteiger partial charge in [0.1, 0.15) is 17.1 Å². The van der Waals surface area contributed by atoms with Crippen molar-refractivity contribution in [3.8, 4) is 5.75 Å². The van der Waals surface area contributed by atoms with E-state index in [1.165, 1.54) is 0 Å². The van der Waals surface area contributed by atoms with Crippen LogP contribution in [0.5, 0.6) is 5.75 Å². The number of alkyl halides is 1. The van der Waals surface area contributed by atoms with Gasteiger partial charge in [0.25, 0.3) is 0 Å². The molecule has 2 aromatic rings. The van der Waals surface area contributed by atoms with Crippen LogP contribution in [0.2, 0.25) is 0 Å². The number of aryl methyl sites for hydroxylation is 1. The molecule has 0 saturated carbocycles. The second kappa shape index (κ2) is 7.66. The first-order chi connectivity index (χ1) is 10.2. The largest absolute Gasteiger partial charge is 0.492 e. The van der Waals surface area contributed by atoms with Crippen molar-refractivity contribution in [1.82, 2.24) is 9.55 Å². The molecule has 0 aliphatic heterocycles. The molecule has 1 heterocycles. The van der Waals surface area contributed by atoms with Crippen LogP contribution in [0.4, 0.5) is 0 Å². The molecule has 2 rings (SSSR count). The Kier molecular flexibility index (Phi) is 5.88. The van der Waals surface area contributed by atoms with Crippen molar-refractivity contribution in [2.75, 3.05) is 26.2 Å². The van der Waals surface area contributed by atoms with Crippen LogP contribution >= 0.6 is 11.6 Å². The lowest BCUT2D eigenvalue weighted by molar-refractivity contribution is 0.181. The molecule has 0 fully saturated rings. The smallest absolute Gasteiger partial charge is 0.147 e. The Bertz CT molecular complexity index is 583. The fourth-order valence-electron chi connectivity index (χ4n) is 2.58. The van der Waals surface area contributed by atoms with Gasteiger partial charge in [-0.25, -0.2) is 4.98 Å². The van der Waals surface area contributed by atoms with Gasteiger partial charge < -0.3 is 14.0 Å². The van der Waals surface area contributed by atoms with Crippen LogP contribution in [-0.2, 0) is 11.2 Å². The number of hydrogen-bond acceptors (Lipinski definition) is 3. The number of hydrogen-bond donors (Lipinski definition) is 0. The highest BCUT2D eigenvalue weighted by Gasteiger charge is 2.17. The van der Waals surface area contributed by atoms with Gasteiger partial charge in [0.2, 0.25) is 0 Å². The molecule has 0 saturated heterocycles. The van der Waals surface area contributed by atoms with Gasteiger partial charge in [0.05, 0.1) is 12.1 Å². The molecule has 21 heavy (non-hydrogen) atoms. The van der Waals surface area contributed by atoms with Crippen molar-refractivity contribution >= 4 is 22.6 Å². The summed E-state index contributed by atoms with van der Waals surface area (Å²) in [6.45, 7) is 5.53. The summed E-state index contributed by atoms with van der Waals surface area (Å²) in [5.41, 5.74) is 2.02. The number of ether oxygens (including phenoxy) is 2. The van der Waals surface area contributed by atoms with Crippen molar-refractivity contribution < 1.29 is 9.47 Å². The number of aromatic nitrogens is 2. The summed E-state index contributed by atoms with van der Waals surface area (Å²) in [4.78, 5) is 4.76. The monoisotopic (exact) mass is 310 g/mol. The molecule has 0 aliphatic carbocycles. The first-order valence-corrected chi connectivity index (χ1v) is 7.93. The van der Waals surface area contributed by atoms with Crippen molar-refractivity contribution in [2.45, 2.75) is 32.7 Å². The molecule has 1 atom stereocenters. The number of methoxy groups -OCH3 is 1. The van der Waals surface area contributed by atoms with E-state index in [2.05, 4.69) is 17.6 Å². The van der Waals surface area contributed by atoms with Crippen molar-refractivity contribution in [3.63, 3.8) is 0 Å². The average Bonchev–Trinajstić information content (AvgIpc) is 2.85. The minimum Gasteiger partial charge on any atom is -0.492 e. The van der Waals surface area contributed by atoms with E-state index in [4.69, 9.17) is 26.1 Å². The Morgan fingerprint density at radius 3 is 2.86 bits per heavy atom. The predicted octanol–water partition coefficient (Wildman–Crippen LogP) is 3.81. The molecule has 1 aromatic carbocycles. The van der Waals surface area contributed by atoms with Gasteiger partial charge in [-0.2, -0.15) is 0 Å². The van der Waals surface area contributed by atoms with E-state index in [1.807, 2.05) is 19.1 Å². The highest BCUT2D eigenvalue weighted by atomic mass is 35.5. The maximum atomic E-state index is 5.94. The number of benzene rings is 1. The first-order valence-electron chi connectivity index (χ1n) is 7.40. The van der Waals surface area contributed by atoms with Gasteiger partial charge in [-0.3, -0.25) is 0 Å². The van der Waals surface area contributed by atoms with Crippen LogP contribution in [0.25, 0.3) is 11.0 Å². The molecular formula is C16H23ClN2O2. The van der Waals surface area contributed by atoms with Gasteiger partial charge >= 0.3 is 0 Å². The van der Waals surface area contributed by atoms with Crippen molar-refractivity contribution in [2.24, 2.45) is 0 Å². The fourth-order valence-corrected chi connectivity index (χ4v) is 2.75. The molecular weight excluding hydrogens is 288 g/mol. The molecule has 1 aromatic heterocycles. The van der Waals surface area contributed by atoms with Crippen LogP contribution in [0, 0.1) is 0 Å². The van der Waals surface area contributed by atoms with Crippen LogP contribution in [0.1, 0.15) is 32.1 Å². The van der Waals surface area contributed by atoms with Crippen LogP contribution in [0.15, 0.2) is 18.2 Å². The maximum absolute atomic E-state index is 5.94. The molecule has 0 radical (unpaired) electrons. The SMILES string of the molecule is CCOc1cccc2c1nc(CCCl)n2C(C)CCOC. The molecule has 5 heteroatoms. The average molecular weight is 311 g/mol. The minimum absolute atomic E-state index is 0.310. The third-order valence-electron chi connectivity index (χ3n) is 3.55. The lowest BCUT2D eigenvalue weighted by atomic mass is 10.2. The quantitative estimate of drug-likeness (QED) is 0.696. The Hall–Kier alpha value is -1.26. The van der Waals surface area contributed by atoms with Gasteiger partial charge in [0, 0.05) is 32.1 Å². The summed E-state index contributed by atoms with van der Waals surface area (Å²) in [5.74, 6) is 2.41. The van der Waals surface area contributed by atoms with E-state index in [0.29, 0.717) is 18.5 Å². The summed E-state index contributed by atoms with van der Waals surface area (Å²) in [6.07, 6.45) is 1.69. The summed E-state index contributed by atoms with van der Waals surface area (Å²) in [5, 5.41) is 0. The number of rotatable bonds is 8. The summed E-state index contributed by atoms with van der Waals surface area (Å²) >= 11 is 5.94. The van der Waals surface area contributed by atoms with Crippen molar-refractivity contribution in [1.29, 1.82) is 0 Å². The normalized spacial score (nSPS) is 12.8. The molecule has 0 N–H and O–H groups in total. The molecule has 1 unspecified atom stereocenters. The van der Waals surface area contributed by atoms with Gasteiger partial charge in [-0.1, -0.05) is 6.07 Å². The minimum atomic E-state index is 0.310. The van der Waals surface area contributed by atoms with Crippen molar-refractivity contribution in [3.05, 3.63) is 24.0 Å². The zero-order valence-electron chi connectivity index (χ0n) is 12.9. The number of fused-ring (bicyclic) bond motifs is 1. The Labute approximate surface area is 131 Å². The van der Waals surface area contributed by atoms with E-state index in [0.717, 1.165) is 42.1 Å². The molecule has 0 amide bonds. The zero-order valence-corrected chi connectivity index (χ0v) is 13.7. The molecule has 116 valence electrons. The van der Waals surface area contributed by atoms with E-state index in [-0.39, 0.29) is 0 Å². The number of imidazole rings is 1. The molecule has 0 bridgehead atoms. The topological polar surface area (TPSA) is 36.3 Å². The van der Waals surface area contributed by atoms with E-state index in [1.54, 1.807) is 7.11 Å². The fraction of sp³-hybridized carbons (Fsp3) is 0.562. The van der Waals surface area contributed by atoms with Crippen LogP contribution in [-0.4, -0.2) is 35.8 Å². The second-order valence-corrected chi connectivity index (χ2v) is 5.40. The summed E-state index contributed by atoms with van der Waals surface area (Å²) in [6, 6.07) is 6.38. The third kappa shape index (κ3) is 3.50. The zero-order chi connectivity index (χ0) is 15.2. The van der Waals surface area contributed by atoms with E-state index in [9.17, 15) is 0 Å². The third-order valence-corrected chi connectivity index (χ3v) is 3.74. The van der Waals surface area contributed by atoms with Crippen LogP contribution < -0.4 is 4.74 Å². The maximum Gasteiger partial charge on any atom is 0.147 e. The van der Waals surface area contributed by atoms with Gasteiger partial charge in [-0.05, 0) is 32.4 Å². The molecule has 0 spiro atoms. The van der Waals surface area contributed by atoms with Crippen LogP contribution in [0.3, 0.4) is 0 Å². The molecule has 0 aliphatic rings. The Balaban J connectivity index is 2.49. The Morgan fingerprint density at radius 1 is 1.38 bits per heavy atom. The number of halogens is 1. The predicted molar refractivity (Wildman–Crippen MR) is 86.5 cm³/mol. The van der Waals surface area contributed by atoms with E-state index >= 15 is 0 Å². The number of para-hydroxylation sites is 1. The summed E-state index contributed by atoms with van der Waals surface area (Å²) < 4.78 is 13.2. The first kappa shape index (κ1) is 16.1. The molecule has 4 nitrogen and oxygen atoms in total. The number of nitrogens with zero attached hydrogens (tertiary/aromatic N) is 2. The highest BCUT2D eigenvalue weighted by Crippen LogP contribution is 2.30. The highest BCUT2D eigenvalue weighted by molar-refractivity contribution is 6.17. The standard InChI is InChI=1S/C16H23ClN2O2/c1-4-21-14-7-5-6-13-16(14)18-15(8-10-17)19(13)12(2)9-11-20-3/h5-7,12H,4,8-11H2,1-3H3. The summed E-state index contributed by atoms with van der Waals surface area (Å²) in [7, 11) is 1.73. The Morgan fingerprint density at radius 2 is 2.19 bits per heavy atom. The lowest BCUT2D eigenvalue weighted by Crippen LogP contribution is -2.12. The lowest BCUT2D eigenvalue weighted by Gasteiger charge is -2.17. The second-order valence-electron chi connectivity index (χ2n) is 5.02.